The minimum absolute atomic E-state index is 0.142. The Morgan fingerprint density at radius 2 is 1.90 bits per heavy atom. The minimum Gasteiger partial charge on any atom is -0.496 e. The average molecular weight is 543 g/mol. The van der Waals surface area contributed by atoms with Crippen LogP contribution in [0.25, 0.3) is 11.4 Å². The molecule has 0 spiro atoms. The number of ether oxygens (including phenoxy) is 2. The van der Waals surface area contributed by atoms with Crippen LogP contribution in [0, 0.1) is 6.92 Å². The van der Waals surface area contributed by atoms with Crippen molar-refractivity contribution in [1.82, 2.24) is 15.0 Å². The van der Waals surface area contributed by atoms with Crippen molar-refractivity contribution in [3.63, 3.8) is 0 Å². The van der Waals surface area contributed by atoms with Gasteiger partial charge in [0, 0.05) is 29.4 Å². The normalized spacial score (nSPS) is 11.9. The van der Waals surface area contributed by atoms with Gasteiger partial charge in [0.25, 0.3) is 0 Å². The molecule has 2 N–H and O–H groups in total. The Bertz CT molecular complexity index is 1520. The van der Waals surface area contributed by atoms with Crippen LogP contribution in [-0.2, 0) is 17.8 Å². The van der Waals surface area contributed by atoms with Gasteiger partial charge in [-0.1, -0.05) is 49.9 Å². The van der Waals surface area contributed by atoms with E-state index in [1.165, 1.54) is 17.3 Å². The summed E-state index contributed by atoms with van der Waals surface area (Å²) in [5.41, 5.74) is 5.69. The first-order chi connectivity index (χ1) is 18.9. The molecular formula is C30H30N4O4S. The number of thioether (sulfide) groups is 1. The van der Waals surface area contributed by atoms with Gasteiger partial charge < -0.3 is 19.9 Å². The van der Waals surface area contributed by atoms with Gasteiger partial charge in [-0.25, -0.2) is 4.98 Å². The molecule has 1 aliphatic heterocycles. The third-order valence-electron chi connectivity index (χ3n) is 6.61. The van der Waals surface area contributed by atoms with E-state index in [0.717, 1.165) is 16.8 Å². The third kappa shape index (κ3) is 5.60. The standard InChI is InChI=1S/C30H30N4O4S/c1-17(2)19-9-11-21(12-10-19)32-26(36)16-39-30-24-13-23-20(15-35)14-31-18(3)27(23)38-29(24)33-28(34-30)22-7-5-6-8-25(22)37-4/h5-12,14,17,35H,13,15-16H2,1-4H3,(H,32,36). The van der Waals surface area contributed by atoms with E-state index in [1.807, 2.05) is 55.5 Å². The topological polar surface area (TPSA) is 106 Å². The molecule has 0 saturated carbocycles. The number of anilines is 1. The number of carbonyl (C=O) groups is 1. The number of aliphatic hydroxyl groups excluding tert-OH is 1. The molecule has 5 rings (SSSR count). The molecule has 0 unspecified atom stereocenters. The van der Waals surface area contributed by atoms with E-state index < -0.39 is 0 Å². The number of hydrogen-bond donors (Lipinski definition) is 2. The van der Waals surface area contributed by atoms with E-state index in [2.05, 4.69) is 24.1 Å². The second-order valence-electron chi connectivity index (χ2n) is 9.56. The number of nitrogens with zero attached hydrogens (tertiary/aromatic N) is 3. The summed E-state index contributed by atoms with van der Waals surface area (Å²) in [7, 11) is 1.60. The van der Waals surface area contributed by atoms with Crippen molar-refractivity contribution in [2.45, 2.75) is 44.7 Å². The number of rotatable bonds is 8. The van der Waals surface area contributed by atoms with E-state index in [1.54, 1.807) is 13.3 Å². The molecule has 9 heteroatoms. The predicted octanol–water partition coefficient (Wildman–Crippen LogP) is 5.90. The highest BCUT2D eigenvalue weighted by molar-refractivity contribution is 8.00. The summed E-state index contributed by atoms with van der Waals surface area (Å²) in [6, 6.07) is 15.4. The predicted molar refractivity (Wildman–Crippen MR) is 152 cm³/mol. The fourth-order valence-corrected chi connectivity index (χ4v) is 5.27. The van der Waals surface area contributed by atoms with Gasteiger partial charge in [0.2, 0.25) is 11.8 Å². The van der Waals surface area contributed by atoms with Crippen molar-refractivity contribution in [3.05, 3.63) is 82.7 Å². The fourth-order valence-electron chi connectivity index (χ4n) is 4.45. The summed E-state index contributed by atoms with van der Waals surface area (Å²) >= 11 is 1.32. The SMILES string of the molecule is COc1ccccc1-c1nc2c(c(SCC(=O)Nc3ccc(C(C)C)cc3)n1)Cc1c(CO)cnc(C)c1O2. The van der Waals surface area contributed by atoms with Crippen molar-refractivity contribution in [1.29, 1.82) is 0 Å². The Labute approximate surface area is 231 Å². The molecule has 2 aromatic heterocycles. The number of aryl methyl sites for hydroxylation is 1. The van der Waals surface area contributed by atoms with Gasteiger partial charge in [0.05, 0.1) is 36.3 Å². The number of para-hydroxylation sites is 1. The van der Waals surface area contributed by atoms with Crippen LogP contribution in [0.5, 0.6) is 17.4 Å². The number of benzene rings is 2. The van der Waals surface area contributed by atoms with Crippen LogP contribution < -0.4 is 14.8 Å². The number of aromatic nitrogens is 3. The van der Waals surface area contributed by atoms with Gasteiger partial charge in [-0.3, -0.25) is 9.78 Å². The van der Waals surface area contributed by atoms with E-state index >= 15 is 0 Å². The molecular weight excluding hydrogens is 512 g/mol. The average Bonchev–Trinajstić information content (AvgIpc) is 2.95. The molecule has 0 fully saturated rings. The summed E-state index contributed by atoms with van der Waals surface area (Å²) in [5, 5.41) is 13.5. The van der Waals surface area contributed by atoms with Gasteiger partial charge in [-0.05, 0) is 42.7 Å². The van der Waals surface area contributed by atoms with Crippen LogP contribution in [0.2, 0.25) is 0 Å². The molecule has 0 saturated heterocycles. The molecule has 1 aliphatic rings. The largest absolute Gasteiger partial charge is 0.496 e. The summed E-state index contributed by atoms with van der Waals surface area (Å²) in [5.74, 6) is 2.50. The van der Waals surface area contributed by atoms with Gasteiger partial charge in [0.1, 0.15) is 10.8 Å². The first-order valence-corrected chi connectivity index (χ1v) is 13.7. The molecule has 0 atom stereocenters. The molecule has 2 aromatic carbocycles. The zero-order valence-electron chi connectivity index (χ0n) is 22.3. The van der Waals surface area contributed by atoms with Gasteiger partial charge in [-0.2, -0.15) is 4.98 Å². The van der Waals surface area contributed by atoms with Crippen LogP contribution in [0.3, 0.4) is 0 Å². The number of fused-ring (bicyclic) bond motifs is 2. The number of carbonyl (C=O) groups excluding carboxylic acids is 1. The molecule has 3 heterocycles. The van der Waals surface area contributed by atoms with Crippen molar-refractivity contribution in [2.75, 3.05) is 18.2 Å². The number of hydrogen-bond acceptors (Lipinski definition) is 8. The lowest BCUT2D eigenvalue weighted by Crippen LogP contribution is -2.16. The molecule has 1 amide bonds. The van der Waals surface area contributed by atoms with Gasteiger partial charge in [0.15, 0.2) is 11.6 Å². The van der Waals surface area contributed by atoms with E-state index in [0.29, 0.717) is 57.4 Å². The Kier molecular flexibility index (Phi) is 7.81. The van der Waals surface area contributed by atoms with Crippen LogP contribution in [0.15, 0.2) is 59.8 Å². The second-order valence-corrected chi connectivity index (χ2v) is 10.5. The summed E-state index contributed by atoms with van der Waals surface area (Å²) < 4.78 is 11.8. The number of aliphatic hydroxyl groups is 1. The third-order valence-corrected chi connectivity index (χ3v) is 7.62. The van der Waals surface area contributed by atoms with Crippen molar-refractivity contribution in [3.8, 4) is 28.8 Å². The summed E-state index contributed by atoms with van der Waals surface area (Å²) in [6.07, 6.45) is 2.12. The Balaban J connectivity index is 1.47. The van der Waals surface area contributed by atoms with Crippen molar-refractivity contribution < 1.29 is 19.4 Å². The lowest BCUT2D eigenvalue weighted by molar-refractivity contribution is -0.113. The fraction of sp³-hybridized carbons (Fsp3) is 0.267. The Hall–Kier alpha value is -3.95. The highest BCUT2D eigenvalue weighted by Gasteiger charge is 2.28. The van der Waals surface area contributed by atoms with Crippen molar-refractivity contribution >= 4 is 23.4 Å². The molecule has 0 bridgehead atoms. The highest BCUT2D eigenvalue weighted by atomic mass is 32.2. The molecule has 4 aromatic rings. The molecule has 200 valence electrons. The number of pyridine rings is 1. The van der Waals surface area contributed by atoms with E-state index in [9.17, 15) is 9.90 Å². The lowest BCUT2D eigenvalue weighted by atomic mass is 9.99. The minimum atomic E-state index is -0.158. The Morgan fingerprint density at radius 1 is 1.13 bits per heavy atom. The second kappa shape index (κ2) is 11.4. The van der Waals surface area contributed by atoms with Crippen molar-refractivity contribution in [2.24, 2.45) is 0 Å². The Morgan fingerprint density at radius 3 is 2.62 bits per heavy atom. The monoisotopic (exact) mass is 542 g/mol. The number of amides is 1. The maximum atomic E-state index is 12.9. The lowest BCUT2D eigenvalue weighted by Gasteiger charge is -2.24. The smallest absolute Gasteiger partial charge is 0.234 e. The molecule has 8 nitrogen and oxygen atoms in total. The van der Waals surface area contributed by atoms with Crippen LogP contribution in [0.4, 0.5) is 5.69 Å². The van der Waals surface area contributed by atoms with Gasteiger partial charge >= 0.3 is 0 Å². The molecule has 39 heavy (non-hydrogen) atoms. The molecule has 0 aliphatic carbocycles. The first-order valence-electron chi connectivity index (χ1n) is 12.7. The van der Waals surface area contributed by atoms with Gasteiger partial charge in [-0.15, -0.1) is 0 Å². The zero-order valence-corrected chi connectivity index (χ0v) is 23.1. The summed E-state index contributed by atoms with van der Waals surface area (Å²) in [6.45, 7) is 5.97. The highest BCUT2D eigenvalue weighted by Crippen LogP contribution is 2.43. The zero-order chi connectivity index (χ0) is 27.5. The van der Waals surface area contributed by atoms with Crippen LogP contribution >= 0.6 is 11.8 Å². The maximum Gasteiger partial charge on any atom is 0.234 e. The number of nitrogens with one attached hydrogen (secondary N) is 1. The molecule has 0 radical (unpaired) electrons. The summed E-state index contributed by atoms with van der Waals surface area (Å²) in [4.78, 5) is 26.9. The van der Waals surface area contributed by atoms with Crippen LogP contribution in [-0.4, -0.2) is 38.8 Å². The van der Waals surface area contributed by atoms with Crippen LogP contribution in [0.1, 0.15) is 47.7 Å². The van der Waals surface area contributed by atoms with E-state index in [-0.39, 0.29) is 18.3 Å². The number of methoxy groups -OCH3 is 1. The maximum absolute atomic E-state index is 12.9. The van der Waals surface area contributed by atoms with E-state index in [4.69, 9.17) is 19.4 Å². The first kappa shape index (κ1) is 26.6. The quantitative estimate of drug-likeness (QED) is 0.184.